The van der Waals surface area contributed by atoms with Crippen molar-refractivity contribution in [1.29, 1.82) is 0 Å². The molecule has 0 radical (unpaired) electrons. The van der Waals surface area contributed by atoms with Gasteiger partial charge in [0.05, 0.1) is 26.9 Å². The molecule has 1 aromatic heterocycles. The van der Waals surface area contributed by atoms with E-state index in [1.807, 2.05) is 6.07 Å². The molecule has 0 aliphatic carbocycles. The molecule has 0 atom stereocenters. The number of rotatable bonds is 7. The van der Waals surface area contributed by atoms with Crippen molar-refractivity contribution in [3.05, 3.63) is 52.3 Å². The van der Waals surface area contributed by atoms with E-state index in [2.05, 4.69) is 26.1 Å². The molecule has 0 aliphatic heterocycles. The maximum absolute atomic E-state index is 12.2. The zero-order chi connectivity index (χ0) is 20.1. The molecule has 0 bridgehead atoms. The number of methoxy groups -OCH3 is 3. The van der Waals surface area contributed by atoms with Crippen LogP contribution in [0.3, 0.4) is 0 Å². The van der Waals surface area contributed by atoms with E-state index in [1.165, 1.54) is 21.3 Å². The van der Waals surface area contributed by atoms with E-state index < -0.39 is 5.97 Å². The van der Waals surface area contributed by atoms with E-state index in [-0.39, 0.29) is 18.4 Å². The summed E-state index contributed by atoms with van der Waals surface area (Å²) in [7, 11) is 4.55. The third-order valence-corrected chi connectivity index (χ3v) is 4.49. The second kappa shape index (κ2) is 8.75. The normalized spacial score (nSPS) is 10.4. The number of esters is 1. The molecule has 0 unspecified atom stereocenters. The van der Waals surface area contributed by atoms with Gasteiger partial charge < -0.3 is 23.4 Å². The van der Waals surface area contributed by atoms with Crippen molar-refractivity contribution < 1.29 is 28.2 Å². The molecule has 0 fully saturated rings. The van der Waals surface area contributed by atoms with E-state index >= 15 is 0 Å². The number of halogens is 1. The van der Waals surface area contributed by atoms with Crippen molar-refractivity contribution in [3.8, 4) is 28.7 Å². The molecule has 1 heterocycles. The van der Waals surface area contributed by atoms with Crippen LogP contribution < -0.4 is 14.2 Å². The molecular formula is C19H17BrN2O6. The Labute approximate surface area is 169 Å². The summed E-state index contributed by atoms with van der Waals surface area (Å²) in [5.74, 6) is 1.25. The van der Waals surface area contributed by atoms with Crippen LogP contribution in [0.2, 0.25) is 0 Å². The first-order valence-corrected chi connectivity index (χ1v) is 8.91. The van der Waals surface area contributed by atoms with Gasteiger partial charge in [0.2, 0.25) is 11.6 Å². The second-order valence-corrected chi connectivity index (χ2v) is 6.33. The summed E-state index contributed by atoms with van der Waals surface area (Å²) in [6, 6.07) is 10.3. The number of carbonyl (C=O) groups is 1. The Morgan fingerprint density at radius 1 is 1.04 bits per heavy atom. The standard InChI is InChI=1S/C19H17BrN2O6/c1-24-14-8-11(9-15(25-2)17(14)26-3)18-22-21-16(28-18)10-27-19(23)12-6-4-5-7-13(12)20/h4-9H,10H2,1-3H3. The highest BCUT2D eigenvalue weighted by atomic mass is 79.9. The number of nitrogens with zero attached hydrogens (tertiary/aromatic N) is 2. The van der Waals surface area contributed by atoms with Crippen LogP contribution >= 0.6 is 15.9 Å². The first kappa shape index (κ1) is 19.7. The second-order valence-electron chi connectivity index (χ2n) is 5.47. The van der Waals surface area contributed by atoms with E-state index in [1.54, 1.807) is 30.3 Å². The van der Waals surface area contributed by atoms with Crippen LogP contribution in [0, 0.1) is 0 Å². The fourth-order valence-electron chi connectivity index (χ4n) is 2.46. The fourth-order valence-corrected chi connectivity index (χ4v) is 2.91. The van der Waals surface area contributed by atoms with Crippen LogP contribution in [0.5, 0.6) is 17.2 Å². The zero-order valence-corrected chi connectivity index (χ0v) is 17.0. The first-order valence-electron chi connectivity index (χ1n) is 8.11. The average Bonchev–Trinajstić information content (AvgIpc) is 3.20. The van der Waals surface area contributed by atoms with Gasteiger partial charge >= 0.3 is 5.97 Å². The van der Waals surface area contributed by atoms with E-state index in [0.29, 0.717) is 32.8 Å². The van der Waals surface area contributed by atoms with Crippen molar-refractivity contribution in [3.63, 3.8) is 0 Å². The lowest BCUT2D eigenvalue weighted by molar-refractivity contribution is 0.0437. The third-order valence-electron chi connectivity index (χ3n) is 3.80. The topological polar surface area (TPSA) is 92.9 Å². The van der Waals surface area contributed by atoms with Gasteiger partial charge in [0, 0.05) is 10.0 Å². The summed E-state index contributed by atoms with van der Waals surface area (Å²) in [5, 5.41) is 7.91. The maximum Gasteiger partial charge on any atom is 0.339 e. The molecule has 0 amide bonds. The molecule has 3 rings (SSSR count). The molecule has 0 saturated heterocycles. The maximum atomic E-state index is 12.2. The Morgan fingerprint density at radius 2 is 1.71 bits per heavy atom. The smallest absolute Gasteiger partial charge is 0.339 e. The number of hydrogen-bond acceptors (Lipinski definition) is 8. The van der Waals surface area contributed by atoms with Crippen molar-refractivity contribution in [2.75, 3.05) is 21.3 Å². The Hall–Kier alpha value is -3.07. The first-order chi connectivity index (χ1) is 13.6. The van der Waals surface area contributed by atoms with Crippen LogP contribution in [-0.4, -0.2) is 37.5 Å². The zero-order valence-electron chi connectivity index (χ0n) is 15.4. The van der Waals surface area contributed by atoms with Gasteiger partial charge in [-0.3, -0.25) is 0 Å². The van der Waals surface area contributed by atoms with Gasteiger partial charge in [-0.2, -0.15) is 0 Å². The summed E-state index contributed by atoms with van der Waals surface area (Å²) in [6.07, 6.45) is 0. The molecule has 0 N–H and O–H groups in total. The fraction of sp³-hybridized carbons (Fsp3) is 0.211. The number of aromatic nitrogens is 2. The highest BCUT2D eigenvalue weighted by Gasteiger charge is 2.18. The SMILES string of the molecule is COc1cc(-c2nnc(COC(=O)c3ccccc3Br)o2)cc(OC)c1OC. The monoisotopic (exact) mass is 448 g/mol. The Bertz CT molecular complexity index is 963. The highest BCUT2D eigenvalue weighted by Crippen LogP contribution is 2.40. The van der Waals surface area contributed by atoms with Crippen molar-refractivity contribution >= 4 is 21.9 Å². The van der Waals surface area contributed by atoms with Crippen LogP contribution in [0.4, 0.5) is 0 Å². The van der Waals surface area contributed by atoms with Gasteiger partial charge in [-0.05, 0) is 40.2 Å². The molecule has 28 heavy (non-hydrogen) atoms. The lowest BCUT2D eigenvalue weighted by Crippen LogP contribution is -2.06. The number of benzene rings is 2. The molecule has 3 aromatic rings. The molecule has 9 heteroatoms. The Morgan fingerprint density at radius 3 is 2.32 bits per heavy atom. The number of carbonyl (C=O) groups excluding carboxylic acids is 1. The van der Waals surface area contributed by atoms with Crippen LogP contribution in [-0.2, 0) is 11.3 Å². The van der Waals surface area contributed by atoms with Gasteiger partial charge in [-0.1, -0.05) is 12.1 Å². The van der Waals surface area contributed by atoms with Crippen molar-refractivity contribution in [2.45, 2.75) is 6.61 Å². The van der Waals surface area contributed by atoms with Crippen LogP contribution in [0.1, 0.15) is 16.2 Å². The van der Waals surface area contributed by atoms with Gasteiger partial charge in [0.1, 0.15) is 0 Å². The summed E-state index contributed by atoms with van der Waals surface area (Å²) in [6.45, 7) is -0.155. The largest absolute Gasteiger partial charge is 0.493 e. The van der Waals surface area contributed by atoms with Crippen molar-refractivity contribution in [1.82, 2.24) is 10.2 Å². The molecule has 2 aromatic carbocycles. The van der Waals surface area contributed by atoms with E-state index in [0.717, 1.165) is 0 Å². The quantitative estimate of drug-likeness (QED) is 0.502. The Balaban J connectivity index is 1.77. The summed E-state index contributed by atoms with van der Waals surface area (Å²) >= 11 is 3.31. The summed E-state index contributed by atoms with van der Waals surface area (Å²) < 4.78 is 27.4. The van der Waals surface area contributed by atoms with Gasteiger partial charge in [0.25, 0.3) is 5.89 Å². The number of ether oxygens (including phenoxy) is 4. The minimum atomic E-state index is -0.500. The number of hydrogen-bond donors (Lipinski definition) is 0. The van der Waals surface area contributed by atoms with Crippen LogP contribution in [0.15, 0.2) is 45.3 Å². The van der Waals surface area contributed by atoms with Gasteiger partial charge in [-0.15, -0.1) is 10.2 Å². The van der Waals surface area contributed by atoms with Crippen LogP contribution in [0.25, 0.3) is 11.5 Å². The van der Waals surface area contributed by atoms with Gasteiger partial charge in [-0.25, -0.2) is 4.79 Å². The minimum Gasteiger partial charge on any atom is -0.493 e. The predicted octanol–water partition coefficient (Wildman–Crippen LogP) is 3.88. The molecular weight excluding hydrogens is 432 g/mol. The molecule has 8 nitrogen and oxygen atoms in total. The highest BCUT2D eigenvalue weighted by molar-refractivity contribution is 9.10. The molecule has 0 spiro atoms. The predicted molar refractivity (Wildman–Crippen MR) is 103 cm³/mol. The molecule has 146 valence electrons. The summed E-state index contributed by atoms with van der Waals surface area (Å²) in [4.78, 5) is 12.2. The van der Waals surface area contributed by atoms with E-state index in [9.17, 15) is 4.79 Å². The van der Waals surface area contributed by atoms with Crippen molar-refractivity contribution in [2.24, 2.45) is 0 Å². The minimum absolute atomic E-state index is 0.155. The lowest BCUT2D eigenvalue weighted by Gasteiger charge is -2.12. The third kappa shape index (κ3) is 4.09. The Kier molecular flexibility index (Phi) is 6.15. The lowest BCUT2D eigenvalue weighted by atomic mass is 10.2. The molecule has 0 saturated carbocycles. The van der Waals surface area contributed by atoms with Gasteiger partial charge in [0.15, 0.2) is 18.1 Å². The van der Waals surface area contributed by atoms with E-state index in [4.69, 9.17) is 23.4 Å². The summed E-state index contributed by atoms with van der Waals surface area (Å²) in [5.41, 5.74) is 0.984. The average molecular weight is 449 g/mol. The molecule has 0 aliphatic rings.